The Labute approximate surface area is 110 Å². The third-order valence-electron chi connectivity index (χ3n) is 3.04. The van der Waals surface area contributed by atoms with E-state index in [4.69, 9.17) is 22.0 Å². The zero-order chi connectivity index (χ0) is 13.1. The van der Waals surface area contributed by atoms with Crippen LogP contribution in [0, 0.1) is 17.2 Å². The first kappa shape index (κ1) is 12.7. The lowest BCUT2D eigenvalue weighted by Gasteiger charge is -2.18. The highest BCUT2D eigenvalue weighted by molar-refractivity contribution is 6.34. The van der Waals surface area contributed by atoms with Crippen LogP contribution < -0.4 is 4.90 Å². The SMILES string of the molecule is N#Cc1ccnc(N2CCC(CC(=O)O)C2)c1Cl. The molecule has 2 heterocycles. The lowest BCUT2D eigenvalue weighted by atomic mass is 10.1. The average Bonchev–Trinajstić information content (AvgIpc) is 2.76. The minimum Gasteiger partial charge on any atom is -0.481 e. The van der Waals surface area contributed by atoms with Gasteiger partial charge in [0.15, 0.2) is 0 Å². The van der Waals surface area contributed by atoms with Crippen LogP contribution in [0.2, 0.25) is 5.02 Å². The molecule has 1 saturated heterocycles. The fourth-order valence-electron chi connectivity index (χ4n) is 2.18. The number of pyridine rings is 1. The predicted octanol–water partition coefficient (Wildman–Crippen LogP) is 1.91. The molecule has 1 atom stereocenters. The van der Waals surface area contributed by atoms with E-state index in [1.807, 2.05) is 11.0 Å². The molecule has 0 amide bonds. The van der Waals surface area contributed by atoms with Gasteiger partial charge >= 0.3 is 5.97 Å². The maximum absolute atomic E-state index is 10.7. The van der Waals surface area contributed by atoms with E-state index in [-0.39, 0.29) is 12.3 Å². The highest BCUT2D eigenvalue weighted by atomic mass is 35.5. The number of hydrogen-bond acceptors (Lipinski definition) is 4. The van der Waals surface area contributed by atoms with Gasteiger partial charge in [-0.1, -0.05) is 11.6 Å². The first-order valence-corrected chi connectivity index (χ1v) is 6.01. The van der Waals surface area contributed by atoms with Crippen LogP contribution in [0.3, 0.4) is 0 Å². The number of rotatable bonds is 3. The summed E-state index contributed by atoms with van der Waals surface area (Å²) >= 11 is 6.10. The minimum absolute atomic E-state index is 0.117. The fraction of sp³-hybridized carbons (Fsp3) is 0.417. The minimum atomic E-state index is -0.785. The molecule has 1 aromatic rings. The smallest absolute Gasteiger partial charge is 0.303 e. The molecule has 94 valence electrons. The summed E-state index contributed by atoms with van der Waals surface area (Å²) in [5.41, 5.74) is 0.392. The summed E-state index contributed by atoms with van der Waals surface area (Å²) in [5, 5.41) is 18.0. The van der Waals surface area contributed by atoms with Crippen molar-refractivity contribution < 1.29 is 9.90 Å². The number of carboxylic acids is 1. The monoisotopic (exact) mass is 265 g/mol. The molecule has 18 heavy (non-hydrogen) atoms. The molecule has 2 rings (SSSR count). The number of aliphatic carboxylic acids is 1. The van der Waals surface area contributed by atoms with Crippen molar-refractivity contribution in [3.63, 3.8) is 0 Å². The van der Waals surface area contributed by atoms with E-state index in [9.17, 15) is 4.79 Å². The molecule has 6 heteroatoms. The molecule has 0 saturated carbocycles. The maximum atomic E-state index is 10.7. The van der Waals surface area contributed by atoms with Crippen LogP contribution in [0.4, 0.5) is 5.82 Å². The Morgan fingerprint density at radius 3 is 3.17 bits per heavy atom. The van der Waals surface area contributed by atoms with Crippen molar-refractivity contribution in [2.24, 2.45) is 5.92 Å². The number of carbonyl (C=O) groups is 1. The van der Waals surface area contributed by atoms with Gasteiger partial charge in [0.25, 0.3) is 0 Å². The van der Waals surface area contributed by atoms with Crippen molar-refractivity contribution in [1.29, 1.82) is 5.26 Å². The largest absolute Gasteiger partial charge is 0.481 e. The lowest BCUT2D eigenvalue weighted by Crippen LogP contribution is -2.22. The summed E-state index contributed by atoms with van der Waals surface area (Å²) in [6, 6.07) is 3.58. The Balaban J connectivity index is 2.15. The molecule has 1 fully saturated rings. The number of hydrogen-bond donors (Lipinski definition) is 1. The number of halogens is 1. The topological polar surface area (TPSA) is 77.2 Å². The van der Waals surface area contributed by atoms with Crippen LogP contribution >= 0.6 is 11.6 Å². The van der Waals surface area contributed by atoms with E-state index in [0.29, 0.717) is 22.9 Å². The summed E-state index contributed by atoms with van der Waals surface area (Å²) in [5.74, 6) is -0.0959. The van der Waals surface area contributed by atoms with E-state index in [1.165, 1.54) is 0 Å². The normalized spacial score (nSPS) is 18.7. The molecule has 1 unspecified atom stereocenters. The third kappa shape index (κ3) is 2.54. The summed E-state index contributed by atoms with van der Waals surface area (Å²) < 4.78 is 0. The van der Waals surface area contributed by atoms with E-state index >= 15 is 0 Å². The second-order valence-corrected chi connectivity index (χ2v) is 4.68. The Morgan fingerprint density at radius 1 is 1.72 bits per heavy atom. The molecule has 0 spiro atoms. The van der Waals surface area contributed by atoms with Gasteiger partial charge in [-0.05, 0) is 18.4 Å². The van der Waals surface area contributed by atoms with Crippen molar-refractivity contribution in [1.82, 2.24) is 4.98 Å². The first-order valence-electron chi connectivity index (χ1n) is 5.63. The summed E-state index contributed by atoms with van der Waals surface area (Å²) in [7, 11) is 0. The molecule has 0 aliphatic carbocycles. The van der Waals surface area contributed by atoms with E-state index < -0.39 is 5.97 Å². The Morgan fingerprint density at radius 2 is 2.50 bits per heavy atom. The second kappa shape index (κ2) is 5.23. The maximum Gasteiger partial charge on any atom is 0.303 e. The van der Waals surface area contributed by atoms with Gasteiger partial charge in [0.2, 0.25) is 0 Å². The number of aromatic nitrogens is 1. The van der Waals surface area contributed by atoms with Gasteiger partial charge in [-0.25, -0.2) is 4.98 Å². The fourth-order valence-corrected chi connectivity index (χ4v) is 2.45. The molecular weight excluding hydrogens is 254 g/mol. The van der Waals surface area contributed by atoms with Crippen LogP contribution in [0.25, 0.3) is 0 Å². The van der Waals surface area contributed by atoms with Crippen molar-refractivity contribution in [3.8, 4) is 6.07 Å². The molecule has 1 aliphatic heterocycles. The Hall–Kier alpha value is -1.80. The quantitative estimate of drug-likeness (QED) is 0.903. The van der Waals surface area contributed by atoms with Gasteiger partial charge in [0, 0.05) is 25.7 Å². The average molecular weight is 266 g/mol. The first-order chi connectivity index (χ1) is 8.61. The summed E-state index contributed by atoms with van der Waals surface area (Å²) in [4.78, 5) is 16.8. The highest BCUT2D eigenvalue weighted by Gasteiger charge is 2.27. The predicted molar refractivity (Wildman–Crippen MR) is 66.5 cm³/mol. The number of nitriles is 1. The van der Waals surface area contributed by atoms with Gasteiger partial charge in [0.1, 0.15) is 16.9 Å². The molecular formula is C12H12ClN3O2. The van der Waals surface area contributed by atoms with Crippen molar-refractivity contribution in [2.45, 2.75) is 12.8 Å². The van der Waals surface area contributed by atoms with Gasteiger partial charge in [-0.15, -0.1) is 0 Å². The number of nitrogens with zero attached hydrogens (tertiary/aromatic N) is 3. The van der Waals surface area contributed by atoms with Gasteiger partial charge in [-0.2, -0.15) is 5.26 Å². The van der Waals surface area contributed by atoms with Crippen molar-refractivity contribution >= 4 is 23.4 Å². The molecule has 1 aliphatic rings. The van der Waals surface area contributed by atoms with Crippen LogP contribution in [0.15, 0.2) is 12.3 Å². The second-order valence-electron chi connectivity index (χ2n) is 4.31. The molecule has 0 aromatic carbocycles. The standard InChI is InChI=1S/C12H12ClN3O2/c13-11-9(6-14)1-3-15-12(11)16-4-2-8(7-16)5-10(17)18/h1,3,8H,2,4-5,7H2,(H,17,18). The summed E-state index contributed by atoms with van der Waals surface area (Å²) in [6.45, 7) is 1.34. The van der Waals surface area contributed by atoms with Crippen LogP contribution in [-0.2, 0) is 4.79 Å². The van der Waals surface area contributed by atoms with Crippen LogP contribution in [0.1, 0.15) is 18.4 Å². The lowest BCUT2D eigenvalue weighted by molar-refractivity contribution is -0.137. The third-order valence-corrected chi connectivity index (χ3v) is 3.41. The van der Waals surface area contributed by atoms with Crippen molar-refractivity contribution in [2.75, 3.05) is 18.0 Å². The number of anilines is 1. The van der Waals surface area contributed by atoms with Crippen LogP contribution in [0.5, 0.6) is 0 Å². The van der Waals surface area contributed by atoms with E-state index in [2.05, 4.69) is 4.98 Å². The highest BCUT2D eigenvalue weighted by Crippen LogP contribution is 2.31. The molecule has 5 nitrogen and oxygen atoms in total. The van der Waals surface area contributed by atoms with E-state index in [1.54, 1.807) is 12.3 Å². The van der Waals surface area contributed by atoms with Gasteiger partial charge in [0.05, 0.1) is 5.56 Å². The molecule has 1 aromatic heterocycles. The molecule has 0 radical (unpaired) electrons. The molecule has 1 N–H and O–H groups in total. The molecule has 0 bridgehead atoms. The van der Waals surface area contributed by atoms with Gasteiger partial charge in [-0.3, -0.25) is 4.79 Å². The van der Waals surface area contributed by atoms with Gasteiger partial charge < -0.3 is 10.0 Å². The van der Waals surface area contributed by atoms with Crippen molar-refractivity contribution in [3.05, 3.63) is 22.8 Å². The number of carboxylic acid groups (broad SMARTS) is 1. The van der Waals surface area contributed by atoms with Crippen LogP contribution in [-0.4, -0.2) is 29.1 Å². The Bertz CT molecular complexity index is 513. The van der Waals surface area contributed by atoms with E-state index in [0.717, 1.165) is 13.0 Å². The zero-order valence-electron chi connectivity index (χ0n) is 9.64. The Kier molecular flexibility index (Phi) is 3.68. The zero-order valence-corrected chi connectivity index (χ0v) is 10.4. The summed E-state index contributed by atoms with van der Waals surface area (Å²) in [6.07, 6.45) is 2.51.